The first-order chi connectivity index (χ1) is 11.8. The molecule has 0 bridgehead atoms. The van der Waals surface area contributed by atoms with Crippen LogP contribution in [0.3, 0.4) is 0 Å². The summed E-state index contributed by atoms with van der Waals surface area (Å²) in [6, 6.07) is 10.7. The lowest BCUT2D eigenvalue weighted by molar-refractivity contribution is 0.375. The highest BCUT2D eigenvalue weighted by molar-refractivity contribution is 5.80. The maximum Gasteiger partial charge on any atom is 0.228 e. The second kappa shape index (κ2) is 7.95. The highest BCUT2D eigenvalue weighted by atomic mass is 16.5. The molecule has 1 aromatic carbocycles. The van der Waals surface area contributed by atoms with Crippen molar-refractivity contribution in [1.82, 2.24) is 20.4 Å². The van der Waals surface area contributed by atoms with E-state index in [1.54, 1.807) is 0 Å². The van der Waals surface area contributed by atoms with Gasteiger partial charge >= 0.3 is 0 Å². The monoisotopic (exact) mass is 327 g/mol. The number of rotatable bonds is 5. The van der Waals surface area contributed by atoms with Crippen LogP contribution in [0.1, 0.15) is 36.5 Å². The summed E-state index contributed by atoms with van der Waals surface area (Å²) in [5.41, 5.74) is 1.41. The second-order valence-corrected chi connectivity index (χ2v) is 6.06. The highest BCUT2D eigenvalue weighted by Crippen LogP contribution is 2.26. The third-order valence-corrected chi connectivity index (χ3v) is 4.25. The van der Waals surface area contributed by atoms with Gasteiger partial charge in [0.1, 0.15) is 0 Å². The minimum atomic E-state index is 0.577. The molecule has 1 N–H and O–H groups in total. The molecule has 1 unspecified atom stereocenters. The molecule has 0 radical (unpaired) electrons. The van der Waals surface area contributed by atoms with Gasteiger partial charge in [-0.05, 0) is 25.8 Å². The van der Waals surface area contributed by atoms with Crippen molar-refractivity contribution in [3.8, 4) is 0 Å². The average Bonchev–Trinajstić information content (AvgIpc) is 3.24. The Hall–Kier alpha value is -2.37. The Morgan fingerprint density at radius 2 is 2.21 bits per heavy atom. The van der Waals surface area contributed by atoms with Gasteiger partial charge in [0.2, 0.25) is 5.89 Å². The molecule has 24 heavy (non-hydrogen) atoms. The van der Waals surface area contributed by atoms with Gasteiger partial charge < -0.3 is 14.7 Å². The zero-order valence-corrected chi connectivity index (χ0v) is 14.4. The van der Waals surface area contributed by atoms with E-state index in [0.717, 1.165) is 32.0 Å². The van der Waals surface area contributed by atoms with Gasteiger partial charge in [0.15, 0.2) is 11.8 Å². The number of guanidine groups is 1. The lowest BCUT2D eigenvalue weighted by Crippen LogP contribution is -2.40. The lowest BCUT2D eigenvalue weighted by Gasteiger charge is -2.21. The predicted molar refractivity (Wildman–Crippen MR) is 94.1 cm³/mol. The molecule has 1 saturated heterocycles. The van der Waals surface area contributed by atoms with Crippen LogP contribution in [0.5, 0.6) is 0 Å². The lowest BCUT2D eigenvalue weighted by atomic mass is 9.99. The number of aromatic nitrogens is 2. The van der Waals surface area contributed by atoms with Crippen LogP contribution in [0.2, 0.25) is 0 Å². The van der Waals surface area contributed by atoms with E-state index >= 15 is 0 Å². The van der Waals surface area contributed by atoms with Crippen molar-refractivity contribution in [3.63, 3.8) is 0 Å². The van der Waals surface area contributed by atoms with Gasteiger partial charge in [0, 0.05) is 32.0 Å². The van der Waals surface area contributed by atoms with Crippen molar-refractivity contribution in [1.29, 1.82) is 0 Å². The SMILES string of the molecule is CCNC(=NCCc1nc(C)no1)N1CCC(c2ccccc2)C1. The summed E-state index contributed by atoms with van der Waals surface area (Å²) in [7, 11) is 0. The van der Waals surface area contributed by atoms with E-state index in [-0.39, 0.29) is 0 Å². The van der Waals surface area contributed by atoms with E-state index in [9.17, 15) is 0 Å². The van der Waals surface area contributed by atoms with Crippen molar-refractivity contribution in [2.75, 3.05) is 26.2 Å². The van der Waals surface area contributed by atoms with Crippen LogP contribution < -0.4 is 5.32 Å². The summed E-state index contributed by atoms with van der Waals surface area (Å²) >= 11 is 0. The number of nitrogens with one attached hydrogen (secondary N) is 1. The van der Waals surface area contributed by atoms with Crippen molar-refractivity contribution < 1.29 is 4.52 Å². The van der Waals surface area contributed by atoms with Crippen LogP contribution in [-0.4, -0.2) is 47.2 Å². The molecule has 3 rings (SSSR count). The van der Waals surface area contributed by atoms with Crippen LogP contribution in [0.4, 0.5) is 0 Å². The van der Waals surface area contributed by atoms with Gasteiger partial charge in [0.25, 0.3) is 0 Å². The van der Waals surface area contributed by atoms with Crippen LogP contribution in [0.25, 0.3) is 0 Å². The third kappa shape index (κ3) is 4.13. The molecule has 2 heterocycles. The summed E-state index contributed by atoms with van der Waals surface area (Å²) in [5, 5.41) is 7.21. The Kier molecular flexibility index (Phi) is 5.46. The van der Waals surface area contributed by atoms with E-state index in [4.69, 9.17) is 9.52 Å². The molecule has 0 spiro atoms. The molecule has 6 nitrogen and oxygen atoms in total. The Morgan fingerprint density at radius 1 is 1.38 bits per heavy atom. The van der Waals surface area contributed by atoms with Crippen molar-refractivity contribution in [2.45, 2.75) is 32.6 Å². The van der Waals surface area contributed by atoms with Crippen LogP contribution >= 0.6 is 0 Å². The Morgan fingerprint density at radius 3 is 2.92 bits per heavy atom. The van der Waals surface area contributed by atoms with Gasteiger partial charge in [-0.1, -0.05) is 35.5 Å². The van der Waals surface area contributed by atoms with E-state index in [2.05, 4.69) is 57.6 Å². The topological polar surface area (TPSA) is 66.5 Å². The van der Waals surface area contributed by atoms with E-state index in [1.807, 2.05) is 6.92 Å². The minimum absolute atomic E-state index is 0.577. The molecule has 1 atom stereocenters. The molecular weight excluding hydrogens is 302 g/mol. The van der Waals surface area contributed by atoms with E-state index in [1.165, 1.54) is 5.56 Å². The fourth-order valence-corrected chi connectivity index (χ4v) is 3.07. The number of hydrogen-bond acceptors (Lipinski definition) is 4. The van der Waals surface area contributed by atoms with Crippen molar-refractivity contribution in [2.24, 2.45) is 4.99 Å². The number of aryl methyl sites for hydroxylation is 1. The number of benzene rings is 1. The number of likely N-dealkylation sites (tertiary alicyclic amines) is 1. The summed E-state index contributed by atoms with van der Waals surface area (Å²) < 4.78 is 5.14. The molecule has 0 aliphatic carbocycles. The van der Waals surface area contributed by atoms with Gasteiger partial charge in [-0.15, -0.1) is 0 Å². The Balaban J connectivity index is 1.59. The Bertz CT molecular complexity index is 667. The zero-order valence-electron chi connectivity index (χ0n) is 14.4. The maximum atomic E-state index is 5.14. The van der Waals surface area contributed by atoms with Crippen LogP contribution in [-0.2, 0) is 6.42 Å². The second-order valence-electron chi connectivity index (χ2n) is 6.06. The molecule has 0 saturated carbocycles. The average molecular weight is 327 g/mol. The first-order valence-electron chi connectivity index (χ1n) is 8.63. The summed E-state index contributed by atoms with van der Waals surface area (Å²) in [6.07, 6.45) is 1.84. The van der Waals surface area contributed by atoms with Gasteiger partial charge in [-0.25, -0.2) is 0 Å². The quantitative estimate of drug-likeness (QED) is 0.674. The molecule has 1 aromatic heterocycles. The highest BCUT2D eigenvalue weighted by Gasteiger charge is 2.25. The van der Waals surface area contributed by atoms with Crippen molar-refractivity contribution in [3.05, 3.63) is 47.6 Å². The molecule has 6 heteroatoms. The van der Waals surface area contributed by atoms with Gasteiger partial charge in [-0.2, -0.15) is 4.98 Å². The molecule has 128 valence electrons. The van der Waals surface area contributed by atoms with Gasteiger partial charge in [-0.3, -0.25) is 4.99 Å². The summed E-state index contributed by atoms with van der Waals surface area (Å²) in [5.74, 6) is 2.88. The standard InChI is InChI=1S/C18H25N5O/c1-3-19-18(20-11-9-17-21-14(2)22-24-17)23-12-10-16(13-23)15-7-5-4-6-8-15/h4-8,16H,3,9-13H2,1-2H3,(H,19,20). The normalized spacial score (nSPS) is 18.2. The zero-order chi connectivity index (χ0) is 16.8. The Labute approximate surface area is 143 Å². The molecular formula is C18H25N5O. The van der Waals surface area contributed by atoms with E-state index in [0.29, 0.717) is 30.6 Å². The maximum absolute atomic E-state index is 5.14. The number of aliphatic imine (C=N–C) groups is 1. The fraction of sp³-hybridized carbons (Fsp3) is 0.500. The largest absolute Gasteiger partial charge is 0.357 e. The smallest absolute Gasteiger partial charge is 0.228 e. The molecule has 0 amide bonds. The first kappa shape index (κ1) is 16.5. The molecule has 1 aliphatic heterocycles. The predicted octanol–water partition coefficient (Wildman–Crippen LogP) is 2.38. The van der Waals surface area contributed by atoms with Crippen LogP contribution in [0, 0.1) is 6.92 Å². The molecule has 1 fully saturated rings. The number of nitrogens with zero attached hydrogens (tertiary/aromatic N) is 4. The minimum Gasteiger partial charge on any atom is -0.357 e. The summed E-state index contributed by atoms with van der Waals surface area (Å²) in [6.45, 7) is 7.48. The third-order valence-electron chi connectivity index (χ3n) is 4.25. The van der Waals surface area contributed by atoms with E-state index < -0.39 is 0 Å². The van der Waals surface area contributed by atoms with Gasteiger partial charge in [0.05, 0.1) is 6.54 Å². The molecule has 2 aromatic rings. The summed E-state index contributed by atoms with van der Waals surface area (Å²) in [4.78, 5) is 11.3. The molecule has 1 aliphatic rings. The number of hydrogen-bond donors (Lipinski definition) is 1. The van der Waals surface area contributed by atoms with Crippen molar-refractivity contribution >= 4 is 5.96 Å². The first-order valence-corrected chi connectivity index (χ1v) is 8.63. The van der Waals surface area contributed by atoms with Crippen LogP contribution in [0.15, 0.2) is 39.8 Å². The fourth-order valence-electron chi connectivity index (χ4n) is 3.07.